The zero-order valence-electron chi connectivity index (χ0n) is 35.3. The SMILES string of the molecule is [2H]c1c(-c2ccc(-c3ccccc3)cc2)c([2H])c2c(oc3c([2H])c(-c4nc(-c5ccccc5)nc(-c5ccc(-c6ccccc6)cc5-c5ccccc5)n4)c([2H])c([2H])c32)c1[2H]. The van der Waals surface area contributed by atoms with Gasteiger partial charge in [0.1, 0.15) is 11.2 Å². The van der Waals surface area contributed by atoms with Crippen molar-refractivity contribution >= 4 is 21.9 Å². The number of rotatable bonds is 7. The summed E-state index contributed by atoms with van der Waals surface area (Å²) < 4.78 is 62.0. The Kier molecular flexibility index (Phi) is 6.63. The Morgan fingerprint density at radius 3 is 1.47 bits per heavy atom. The van der Waals surface area contributed by atoms with Crippen molar-refractivity contribution in [3.63, 3.8) is 0 Å². The second-order valence-corrected chi connectivity index (χ2v) is 13.1. The van der Waals surface area contributed by atoms with E-state index in [1.54, 1.807) is 0 Å². The van der Waals surface area contributed by atoms with Crippen LogP contribution in [0.3, 0.4) is 0 Å². The first-order valence-corrected chi connectivity index (χ1v) is 18.0. The molecule has 4 heteroatoms. The number of benzene rings is 8. The molecule has 10 aromatic rings. The predicted molar refractivity (Wildman–Crippen MR) is 225 cm³/mol. The van der Waals surface area contributed by atoms with Gasteiger partial charge in [0.25, 0.3) is 0 Å². The molecule has 0 saturated carbocycles. The molecule has 0 saturated heterocycles. The normalized spacial score (nSPS) is 12.8. The fraction of sp³-hybridized carbons (Fsp3) is 0. The Bertz CT molecular complexity index is 3290. The molecule has 8 aromatic carbocycles. The molecule has 0 aliphatic carbocycles. The molecule has 0 unspecified atom stereocenters. The van der Waals surface area contributed by atoms with E-state index in [0.29, 0.717) is 28.3 Å². The highest BCUT2D eigenvalue weighted by Crippen LogP contribution is 2.38. The number of aromatic nitrogens is 3. The van der Waals surface area contributed by atoms with Crippen molar-refractivity contribution in [2.45, 2.75) is 0 Å². The van der Waals surface area contributed by atoms with Crippen molar-refractivity contribution in [2.75, 3.05) is 0 Å². The van der Waals surface area contributed by atoms with Crippen LogP contribution in [-0.2, 0) is 0 Å². The number of hydrogen-bond acceptors (Lipinski definition) is 4. The van der Waals surface area contributed by atoms with Crippen LogP contribution in [-0.4, -0.2) is 15.0 Å². The number of hydrogen-bond donors (Lipinski definition) is 0. The summed E-state index contributed by atoms with van der Waals surface area (Å²) in [4.78, 5) is 14.8. The van der Waals surface area contributed by atoms with E-state index >= 15 is 0 Å². The van der Waals surface area contributed by atoms with Gasteiger partial charge in [-0.1, -0.05) is 164 Å². The highest BCUT2D eigenvalue weighted by Gasteiger charge is 2.18. The maximum Gasteiger partial charge on any atom is 0.164 e. The molecule has 0 aliphatic rings. The number of furan rings is 1. The summed E-state index contributed by atoms with van der Waals surface area (Å²) >= 11 is 0. The van der Waals surface area contributed by atoms with E-state index in [4.69, 9.17) is 22.1 Å². The van der Waals surface area contributed by atoms with Gasteiger partial charge < -0.3 is 4.42 Å². The van der Waals surface area contributed by atoms with Gasteiger partial charge in [-0.05, 0) is 80.8 Å². The number of nitrogens with zero attached hydrogens (tertiary/aromatic N) is 3. The first kappa shape index (κ1) is 26.4. The van der Waals surface area contributed by atoms with Gasteiger partial charge in [0.05, 0.1) is 8.22 Å². The van der Waals surface area contributed by atoms with E-state index in [0.717, 1.165) is 33.4 Å². The van der Waals surface area contributed by atoms with Gasteiger partial charge >= 0.3 is 0 Å². The monoisotopic (exact) mass is 709 g/mol. The second kappa shape index (κ2) is 13.8. The molecule has 258 valence electrons. The second-order valence-electron chi connectivity index (χ2n) is 13.1. The lowest BCUT2D eigenvalue weighted by atomic mass is 9.94. The summed E-state index contributed by atoms with van der Waals surface area (Å²) in [6.45, 7) is 0. The lowest BCUT2D eigenvalue weighted by molar-refractivity contribution is 0.669. The third-order valence-corrected chi connectivity index (χ3v) is 9.63. The lowest BCUT2D eigenvalue weighted by Crippen LogP contribution is -2.01. The van der Waals surface area contributed by atoms with Crippen LogP contribution in [0.15, 0.2) is 204 Å². The highest BCUT2D eigenvalue weighted by molar-refractivity contribution is 6.07. The van der Waals surface area contributed by atoms with E-state index in [1.807, 2.05) is 146 Å². The highest BCUT2D eigenvalue weighted by atomic mass is 16.3. The topological polar surface area (TPSA) is 51.8 Å². The van der Waals surface area contributed by atoms with Gasteiger partial charge in [0.2, 0.25) is 0 Å². The van der Waals surface area contributed by atoms with E-state index in [1.165, 1.54) is 0 Å². The molecular formula is C51H33N3O. The Morgan fingerprint density at radius 2 is 0.818 bits per heavy atom. The van der Waals surface area contributed by atoms with Crippen LogP contribution in [0.25, 0.3) is 101 Å². The molecule has 0 amide bonds. The Balaban J connectivity index is 1.18. The maximum atomic E-state index is 9.55. The van der Waals surface area contributed by atoms with E-state index in [9.17, 15) is 5.48 Å². The quantitative estimate of drug-likeness (QED) is 0.165. The van der Waals surface area contributed by atoms with Crippen molar-refractivity contribution in [3.8, 4) is 78.7 Å². The Morgan fingerprint density at radius 1 is 0.327 bits per heavy atom. The van der Waals surface area contributed by atoms with Gasteiger partial charge in [0.15, 0.2) is 17.5 Å². The largest absolute Gasteiger partial charge is 0.456 e. The molecule has 0 atom stereocenters. The Hall–Kier alpha value is -7.43. The van der Waals surface area contributed by atoms with Crippen LogP contribution in [0.1, 0.15) is 8.22 Å². The van der Waals surface area contributed by atoms with E-state index < -0.39 is 0 Å². The lowest BCUT2D eigenvalue weighted by Gasteiger charge is -2.14. The molecule has 0 N–H and O–H groups in total. The standard InChI is InChI=1S/C51H33N3O/c1-5-13-34(14-6-1)36-21-23-37(24-22-36)41-27-30-47-46(32-41)43-28-26-42(33-48(43)55-47)50-52-49(39-19-11-4-12-20-39)53-51(54-50)44-29-25-40(35-15-7-2-8-16-35)31-45(44)38-17-9-3-10-18-38/h1-33H/i26D,27D,28D,30D,32D,33D. The minimum atomic E-state index is -0.339. The van der Waals surface area contributed by atoms with Crippen LogP contribution >= 0.6 is 0 Å². The molecule has 0 spiro atoms. The van der Waals surface area contributed by atoms with Gasteiger partial charge in [-0.2, -0.15) is 0 Å². The molecule has 0 bridgehead atoms. The van der Waals surface area contributed by atoms with Crippen molar-refractivity contribution in [2.24, 2.45) is 0 Å². The molecule has 0 aliphatic heterocycles. The smallest absolute Gasteiger partial charge is 0.164 e. The molecule has 0 radical (unpaired) electrons. The van der Waals surface area contributed by atoms with Crippen molar-refractivity contribution in [3.05, 3.63) is 200 Å². The fourth-order valence-electron chi connectivity index (χ4n) is 6.84. The first-order valence-electron chi connectivity index (χ1n) is 21.0. The van der Waals surface area contributed by atoms with Crippen LogP contribution in [0.4, 0.5) is 0 Å². The molecule has 4 nitrogen and oxygen atoms in total. The van der Waals surface area contributed by atoms with Gasteiger partial charge in [0, 0.05) is 27.5 Å². The molecule has 10 rings (SSSR count). The molecule has 55 heavy (non-hydrogen) atoms. The number of fused-ring (bicyclic) bond motifs is 3. The zero-order valence-corrected chi connectivity index (χ0v) is 29.3. The predicted octanol–water partition coefficient (Wildman–Crippen LogP) is 13.4. The first-order chi connectivity index (χ1) is 29.8. The van der Waals surface area contributed by atoms with Crippen molar-refractivity contribution in [1.29, 1.82) is 0 Å². The average Bonchev–Trinajstić information content (AvgIpc) is 3.73. The molecule has 0 fully saturated rings. The van der Waals surface area contributed by atoms with Crippen molar-refractivity contribution < 1.29 is 12.6 Å². The summed E-state index contributed by atoms with van der Waals surface area (Å²) in [6, 6.07) is 51.3. The summed E-state index contributed by atoms with van der Waals surface area (Å²) in [5, 5.41) is 0.152. The van der Waals surface area contributed by atoms with Gasteiger partial charge in [-0.25, -0.2) is 15.0 Å². The summed E-state index contributed by atoms with van der Waals surface area (Å²) in [7, 11) is 0. The molecule has 2 aromatic heterocycles. The third-order valence-electron chi connectivity index (χ3n) is 9.63. The Labute approximate surface area is 327 Å². The van der Waals surface area contributed by atoms with Crippen LogP contribution in [0.5, 0.6) is 0 Å². The minimum absolute atomic E-state index is 0.00146. The zero-order chi connectivity index (χ0) is 41.8. The van der Waals surface area contributed by atoms with E-state index in [2.05, 4.69) is 18.2 Å². The average molecular weight is 710 g/mol. The molecule has 2 heterocycles. The van der Waals surface area contributed by atoms with Gasteiger partial charge in [-0.3, -0.25) is 0 Å². The molecular weight excluding hydrogens is 671 g/mol. The fourth-order valence-corrected chi connectivity index (χ4v) is 6.84. The van der Waals surface area contributed by atoms with Crippen molar-refractivity contribution in [1.82, 2.24) is 15.0 Å². The summed E-state index contributed by atoms with van der Waals surface area (Å²) in [6.07, 6.45) is 0. The van der Waals surface area contributed by atoms with E-state index in [-0.39, 0.29) is 75.1 Å². The van der Waals surface area contributed by atoms with Crippen LogP contribution in [0.2, 0.25) is 0 Å². The summed E-state index contributed by atoms with van der Waals surface area (Å²) in [5.74, 6) is 0.616. The maximum absolute atomic E-state index is 9.55. The minimum Gasteiger partial charge on any atom is -0.456 e. The van der Waals surface area contributed by atoms with Gasteiger partial charge in [-0.15, -0.1) is 0 Å². The van der Waals surface area contributed by atoms with Crippen LogP contribution < -0.4 is 0 Å². The summed E-state index contributed by atoms with van der Waals surface area (Å²) in [5.41, 5.74) is 7.72. The van der Waals surface area contributed by atoms with Crippen LogP contribution in [0, 0.1) is 0 Å². The third kappa shape index (κ3) is 6.26.